The zero-order chi connectivity index (χ0) is 12.3. The molecule has 1 aliphatic carbocycles. The molecule has 0 amide bonds. The number of hydrogen-bond acceptors (Lipinski definition) is 4. The summed E-state index contributed by atoms with van der Waals surface area (Å²) in [4.78, 5) is 11.5. The molecule has 0 aromatic heterocycles. The van der Waals surface area contributed by atoms with Crippen LogP contribution >= 0.6 is 0 Å². The number of methoxy groups -OCH3 is 1. The van der Waals surface area contributed by atoms with Crippen LogP contribution in [0.1, 0.15) is 29.6 Å². The van der Waals surface area contributed by atoms with Crippen molar-refractivity contribution in [1.82, 2.24) is 0 Å². The van der Waals surface area contributed by atoms with Crippen LogP contribution in [0.15, 0.2) is 18.2 Å². The number of benzene rings is 1. The summed E-state index contributed by atoms with van der Waals surface area (Å²) in [5.41, 5.74) is 6.71. The smallest absolute Gasteiger partial charge is 0.341 e. The van der Waals surface area contributed by atoms with E-state index in [0.717, 1.165) is 0 Å². The van der Waals surface area contributed by atoms with E-state index in [1.54, 1.807) is 18.2 Å². The third kappa shape index (κ3) is 2.70. The van der Waals surface area contributed by atoms with Crippen LogP contribution in [0, 0.1) is 5.92 Å². The second kappa shape index (κ2) is 5.08. The molecule has 0 radical (unpaired) electrons. The maximum atomic E-state index is 11.5. The topological polar surface area (TPSA) is 61.5 Å². The molecule has 2 rings (SSSR count). The number of ether oxygens (including phenoxy) is 2. The molecule has 92 valence electrons. The van der Waals surface area contributed by atoms with Crippen molar-refractivity contribution in [2.45, 2.75) is 19.3 Å². The van der Waals surface area contributed by atoms with E-state index in [0.29, 0.717) is 29.5 Å². The summed E-state index contributed by atoms with van der Waals surface area (Å²) in [5, 5.41) is 0. The van der Waals surface area contributed by atoms with Gasteiger partial charge in [0.2, 0.25) is 0 Å². The highest BCUT2D eigenvalue weighted by molar-refractivity contribution is 5.93. The Morgan fingerprint density at radius 2 is 2.24 bits per heavy atom. The fourth-order valence-electron chi connectivity index (χ4n) is 1.80. The van der Waals surface area contributed by atoms with Gasteiger partial charge in [-0.05, 0) is 30.9 Å². The minimum atomic E-state index is -0.395. The first-order valence-corrected chi connectivity index (χ1v) is 5.81. The lowest BCUT2D eigenvalue weighted by atomic mass is 9.86. The summed E-state index contributed by atoms with van der Waals surface area (Å²) in [7, 11) is 1.36. The average Bonchev–Trinajstić information content (AvgIpc) is 2.26. The van der Waals surface area contributed by atoms with E-state index in [2.05, 4.69) is 0 Å². The van der Waals surface area contributed by atoms with Gasteiger partial charge in [-0.1, -0.05) is 6.42 Å². The number of nitrogen functional groups attached to an aromatic ring is 1. The predicted octanol–water partition coefficient (Wildman–Crippen LogP) is 2.23. The van der Waals surface area contributed by atoms with Crippen molar-refractivity contribution in [3.05, 3.63) is 23.8 Å². The quantitative estimate of drug-likeness (QED) is 0.642. The highest BCUT2D eigenvalue weighted by Gasteiger charge is 2.20. The van der Waals surface area contributed by atoms with Gasteiger partial charge in [0.15, 0.2) is 0 Å². The van der Waals surface area contributed by atoms with E-state index in [9.17, 15) is 4.79 Å². The van der Waals surface area contributed by atoms with Crippen molar-refractivity contribution in [3.63, 3.8) is 0 Å². The second-order valence-corrected chi connectivity index (χ2v) is 4.36. The molecule has 2 N–H and O–H groups in total. The van der Waals surface area contributed by atoms with Crippen molar-refractivity contribution in [1.29, 1.82) is 0 Å². The van der Waals surface area contributed by atoms with Crippen LogP contribution in [0.4, 0.5) is 5.69 Å². The minimum absolute atomic E-state index is 0.395. The molecule has 0 bridgehead atoms. The summed E-state index contributed by atoms with van der Waals surface area (Å²) in [5.74, 6) is 0.735. The highest BCUT2D eigenvalue weighted by atomic mass is 16.5. The number of carbonyl (C=O) groups is 1. The Hall–Kier alpha value is -1.71. The molecular formula is C13H17NO3. The average molecular weight is 235 g/mol. The SMILES string of the molecule is COC(=O)c1ccc(N)cc1OCC1CCC1. The highest BCUT2D eigenvalue weighted by Crippen LogP contribution is 2.29. The Morgan fingerprint density at radius 3 is 2.82 bits per heavy atom. The van der Waals surface area contributed by atoms with Crippen molar-refractivity contribution >= 4 is 11.7 Å². The lowest BCUT2D eigenvalue weighted by Crippen LogP contribution is -2.20. The van der Waals surface area contributed by atoms with Gasteiger partial charge in [-0.2, -0.15) is 0 Å². The maximum Gasteiger partial charge on any atom is 0.341 e. The molecular weight excluding hydrogens is 218 g/mol. The Morgan fingerprint density at radius 1 is 1.47 bits per heavy atom. The maximum absolute atomic E-state index is 11.5. The fraction of sp³-hybridized carbons (Fsp3) is 0.462. The summed E-state index contributed by atoms with van der Waals surface area (Å²) < 4.78 is 10.4. The Bertz CT molecular complexity index is 413. The molecule has 1 aromatic rings. The second-order valence-electron chi connectivity index (χ2n) is 4.36. The first-order chi connectivity index (χ1) is 8.20. The van der Waals surface area contributed by atoms with Gasteiger partial charge in [0.25, 0.3) is 0 Å². The lowest BCUT2D eigenvalue weighted by molar-refractivity contribution is 0.0594. The first-order valence-electron chi connectivity index (χ1n) is 5.81. The van der Waals surface area contributed by atoms with Gasteiger partial charge < -0.3 is 15.2 Å². The molecule has 1 fully saturated rings. The Balaban J connectivity index is 2.11. The van der Waals surface area contributed by atoms with Gasteiger partial charge in [0.05, 0.1) is 13.7 Å². The third-order valence-corrected chi connectivity index (χ3v) is 3.11. The van der Waals surface area contributed by atoms with Gasteiger partial charge in [-0.15, -0.1) is 0 Å². The van der Waals surface area contributed by atoms with E-state index < -0.39 is 5.97 Å². The fourth-order valence-corrected chi connectivity index (χ4v) is 1.80. The molecule has 4 nitrogen and oxygen atoms in total. The van der Waals surface area contributed by atoms with Gasteiger partial charge in [0, 0.05) is 11.8 Å². The lowest BCUT2D eigenvalue weighted by Gasteiger charge is -2.25. The molecule has 17 heavy (non-hydrogen) atoms. The molecule has 0 saturated heterocycles. The third-order valence-electron chi connectivity index (χ3n) is 3.11. The molecule has 0 atom stereocenters. The van der Waals surface area contributed by atoms with Gasteiger partial charge >= 0.3 is 5.97 Å². The Kier molecular flexibility index (Phi) is 3.52. The largest absolute Gasteiger partial charge is 0.492 e. The molecule has 0 aliphatic heterocycles. The van der Waals surface area contributed by atoms with Crippen LogP contribution in [0.5, 0.6) is 5.75 Å². The molecule has 4 heteroatoms. The van der Waals surface area contributed by atoms with Crippen molar-refractivity contribution in [2.75, 3.05) is 19.5 Å². The molecule has 1 aromatic carbocycles. The number of hydrogen-bond donors (Lipinski definition) is 1. The summed E-state index contributed by atoms with van der Waals surface area (Å²) in [6.45, 7) is 0.646. The number of anilines is 1. The Labute approximate surface area is 101 Å². The first kappa shape index (κ1) is 11.8. The van der Waals surface area contributed by atoms with E-state index in [-0.39, 0.29) is 0 Å². The number of carbonyl (C=O) groups excluding carboxylic acids is 1. The summed E-state index contributed by atoms with van der Waals surface area (Å²) in [6, 6.07) is 4.98. The van der Waals surface area contributed by atoms with Crippen LogP contribution in [0.3, 0.4) is 0 Å². The number of rotatable bonds is 4. The van der Waals surface area contributed by atoms with Crippen LogP contribution in [-0.4, -0.2) is 19.7 Å². The van der Waals surface area contributed by atoms with E-state index in [1.165, 1.54) is 26.4 Å². The van der Waals surface area contributed by atoms with Gasteiger partial charge in [-0.3, -0.25) is 0 Å². The van der Waals surface area contributed by atoms with Crippen molar-refractivity contribution in [2.24, 2.45) is 5.92 Å². The van der Waals surface area contributed by atoms with Crippen LogP contribution in [-0.2, 0) is 4.74 Å². The standard InChI is InChI=1S/C13H17NO3/c1-16-13(15)11-6-5-10(14)7-12(11)17-8-9-3-2-4-9/h5-7,9H,2-4,8,14H2,1H3. The monoisotopic (exact) mass is 235 g/mol. The van der Waals surface area contributed by atoms with Crippen molar-refractivity contribution in [3.8, 4) is 5.75 Å². The normalized spacial score (nSPS) is 15.1. The molecule has 0 heterocycles. The molecule has 1 aliphatic rings. The van der Waals surface area contributed by atoms with Crippen LogP contribution in [0.2, 0.25) is 0 Å². The molecule has 0 unspecified atom stereocenters. The molecule has 0 spiro atoms. The van der Waals surface area contributed by atoms with E-state index in [1.807, 2.05) is 0 Å². The molecule has 1 saturated carbocycles. The summed E-state index contributed by atoms with van der Waals surface area (Å²) in [6.07, 6.45) is 3.68. The van der Waals surface area contributed by atoms with Crippen LogP contribution < -0.4 is 10.5 Å². The minimum Gasteiger partial charge on any atom is -0.492 e. The van der Waals surface area contributed by atoms with Crippen LogP contribution in [0.25, 0.3) is 0 Å². The van der Waals surface area contributed by atoms with Gasteiger partial charge in [-0.25, -0.2) is 4.79 Å². The number of esters is 1. The summed E-state index contributed by atoms with van der Waals surface area (Å²) >= 11 is 0. The predicted molar refractivity (Wildman–Crippen MR) is 65.0 cm³/mol. The zero-order valence-electron chi connectivity index (χ0n) is 9.94. The van der Waals surface area contributed by atoms with E-state index in [4.69, 9.17) is 15.2 Å². The van der Waals surface area contributed by atoms with E-state index >= 15 is 0 Å². The van der Waals surface area contributed by atoms with Crippen molar-refractivity contribution < 1.29 is 14.3 Å². The zero-order valence-corrected chi connectivity index (χ0v) is 9.94. The van der Waals surface area contributed by atoms with Gasteiger partial charge in [0.1, 0.15) is 11.3 Å². The number of nitrogens with two attached hydrogens (primary N) is 1.